The summed E-state index contributed by atoms with van der Waals surface area (Å²) in [5, 5.41) is 2.82. The van der Waals surface area contributed by atoms with Crippen molar-refractivity contribution in [3.63, 3.8) is 0 Å². The van der Waals surface area contributed by atoms with Gasteiger partial charge >= 0.3 is 0 Å². The van der Waals surface area contributed by atoms with Crippen LogP contribution in [0.15, 0.2) is 36.5 Å². The Morgan fingerprint density at radius 1 is 1.17 bits per heavy atom. The molecule has 0 saturated carbocycles. The third kappa shape index (κ3) is 2.56. The normalized spacial score (nSPS) is 10.2. The van der Waals surface area contributed by atoms with Gasteiger partial charge in [0.1, 0.15) is 5.82 Å². The average Bonchev–Trinajstić information content (AvgIpc) is 2.32. The third-order valence-corrected chi connectivity index (χ3v) is 3.01. The predicted molar refractivity (Wildman–Crippen MR) is 72.8 cm³/mol. The molecule has 0 aliphatic heterocycles. The summed E-state index contributed by atoms with van der Waals surface area (Å²) in [6.45, 7) is 5.92. The summed E-state index contributed by atoms with van der Waals surface area (Å²) in [6, 6.07) is 9.46. The molecule has 2 rings (SSSR count). The molecule has 1 heterocycles. The van der Waals surface area contributed by atoms with Crippen LogP contribution in [0.3, 0.4) is 0 Å². The number of carbonyl (C=O) groups excluding carboxylic acids is 1. The Kier molecular flexibility index (Phi) is 3.42. The molecule has 1 aromatic carbocycles. The molecule has 0 saturated heterocycles. The van der Waals surface area contributed by atoms with Crippen molar-refractivity contribution in [3.8, 4) is 0 Å². The lowest BCUT2D eigenvalue weighted by Crippen LogP contribution is -2.14. The summed E-state index contributed by atoms with van der Waals surface area (Å²) in [7, 11) is 0. The highest BCUT2D eigenvalue weighted by Gasteiger charge is 2.10. The summed E-state index contributed by atoms with van der Waals surface area (Å²) in [5.41, 5.74) is 3.88. The van der Waals surface area contributed by atoms with Gasteiger partial charge in [-0.25, -0.2) is 4.98 Å². The van der Waals surface area contributed by atoms with E-state index in [0.29, 0.717) is 11.4 Å². The molecule has 3 nitrogen and oxygen atoms in total. The van der Waals surface area contributed by atoms with E-state index in [0.717, 1.165) is 16.7 Å². The number of nitrogens with one attached hydrogen (secondary N) is 1. The number of anilines is 1. The molecular weight excluding hydrogens is 224 g/mol. The van der Waals surface area contributed by atoms with Crippen LogP contribution in [0, 0.1) is 20.8 Å². The van der Waals surface area contributed by atoms with Crippen LogP contribution in [-0.2, 0) is 0 Å². The lowest BCUT2D eigenvalue weighted by Gasteiger charge is -2.09. The van der Waals surface area contributed by atoms with Crippen LogP contribution in [0.25, 0.3) is 0 Å². The first-order valence-corrected chi connectivity index (χ1v) is 5.88. The maximum absolute atomic E-state index is 12.1. The molecule has 0 aliphatic rings. The topological polar surface area (TPSA) is 42.0 Å². The standard InChI is InChI=1S/C15H16N2O/c1-10-7-8-16-14(9-10)17-15(18)13-6-4-5-11(2)12(13)3/h4-9H,1-3H3,(H,16,17,18). The quantitative estimate of drug-likeness (QED) is 0.875. The van der Waals surface area contributed by atoms with Crippen molar-refractivity contribution < 1.29 is 4.79 Å². The minimum Gasteiger partial charge on any atom is -0.307 e. The Hall–Kier alpha value is -2.16. The van der Waals surface area contributed by atoms with Crippen LogP contribution in [0.5, 0.6) is 0 Å². The summed E-state index contributed by atoms with van der Waals surface area (Å²) >= 11 is 0. The molecule has 1 aromatic heterocycles. The average molecular weight is 240 g/mol. The molecule has 0 spiro atoms. The molecule has 1 amide bonds. The van der Waals surface area contributed by atoms with Crippen molar-refractivity contribution in [2.24, 2.45) is 0 Å². The minimum atomic E-state index is -0.116. The number of benzene rings is 1. The first-order chi connectivity index (χ1) is 8.58. The number of amides is 1. The first-order valence-electron chi connectivity index (χ1n) is 5.88. The summed E-state index contributed by atoms with van der Waals surface area (Å²) < 4.78 is 0. The summed E-state index contributed by atoms with van der Waals surface area (Å²) in [4.78, 5) is 16.3. The number of aromatic nitrogens is 1. The van der Waals surface area contributed by atoms with E-state index in [1.807, 2.05) is 51.1 Å². The van der Waals surface area contributed by atoms with Crippen LogP contribution in [-0.4, -0.2) is 10.9 Å². The summed E-state index contributed by atoms with van der Waals surface area (Å²) in [5.74, 6) is 0.468. The molecule has 18 heavy (non-hydrogen) atoms. The van der Waals surface area contributed by atoms with E-state index in [1.54, 1.807) is 6.20 Å². The zero-order chi connectivity index (χ0) is 13.1. The molecule has 0 atom stereocenters. The zero-order valence-corrected chi connectivity index (χ0v) is 10.8. The number of hydrogen-bond acceptors (Lipinski definition) is 2. The van der Waals surface area contributed by atoms with Gasteiger partial charge in [0.25, 0.3) is 5.91 Å². The van der Waals surface area contributed by atoms with Crippen LogP contribution in [0.4, 0.5) is 5.82 Å². The Morgan fingerprint density at radius 3 is 2.67 bits per heavy atom. The Bertz CT molecular complexity index is 591. The van der Waals surface area contributed by atoms with E-state index in [1.165, 1.54) is 0 Å². The fraction of sp³-hybridized carbons (Fsp3) is 0.200. The molecule has 0 radical (unpaired) electrons. The fourth-order valence-electron chi connectivity index (χ4n) is 1.79. The van der Waals surface area contributed by atoms with E-state index in [2.05, 4.69) is 10.3 Å². The van der Waals surface area contributed by atoms with Gasteiger partial charge in [0, 0.05) is 11.8 Å². The molecule has 92 valence electrons. The Balaban J connectivity index is 2.25. The van der Waals surface area contributed by atoms with Gasteiger partial charge in [-0.3, -0.25) is 4.79 Å². The molecule has 0 aliphatic carbocycles. The van der Waals surface area contributed by atoms with E-state index < -0.39 is 0 Å². The van der Waals surface area contributed by atoms with Crippen molar-refractivity contribution in [1.29, 1.82) is 0 Å². The summed E-state index contributed by atoms with van der Waals surface area (Å²) in [6.07, 6.45) is 1.69. The molecular formula is C15H16N2O. The molecule has 0 bridgehead atoms. The molecule has 2 aromatic rings. The van der Waals surface area contributed by atoms with Gasteiger partial charge in [-0.15, -0.1) is 0 Å². The van der Waals surface area contributed by atoms with Crippen molar-refractivity contribution in [1.82, 2.24) is 4.98 Å². The second-order valence-electron chi connectivity index (χ2n) is 4.42. The number of aryl methyl sites for hydroxylation is 2. The van der Waals surface area contributed by atoms with Crippen LogP contribution < -0.4 is 5.32 Å². The SMILES string of the molecule is Cc1ccnc(NC(=O)c2cccc(C)c2C)c1. The Labute approximate surface area is 107 Å². The second-order valence-corrected chi connectivity index (χ2v) is 4.42. The van der Waals surface area contributed by atoms with Crippen LogP contribution in [0.2, 0.25) is 0 Å². The monoisotopic (exact) mass is 240 g/mol. The molecule has 0 unspecified atom stereocenters. The molecule has 1 N–H and O–H groups in total. The highest BCUT2D eigenvalue weighted by Crippen LogP contribution is 2.14. The number of hydrogen-bond donors (Lipinski definition) is 1. The predicted octanol–water partition coefficient (Wildman–Crippen LogP) is 3.26. The van der Waals surface area contributed by atoms with Gasteiger partial charge in [-0.1, -0.05) is 12.1 Å². The molecule has 3 heteroatoms. The minimum absolute atomic E-state index is 0.116. The van der Waals surface area contributed by atoms with Gasteiger partial charge in [-0.05, 0) is 55.7 Å². The fourth-order valence-corrected chi connectivity index (χ4v) is 1.79. The van der Waals surface area contributed by atoms with E-state index in [9.17, 15) is 4.79 Å². The largest absolute Gasteiger partial charge is 0.307 e. The maximum atomic E-state index is 12.1. The van der Waals surface area contributed by atoms with E-state index >= 15 is 0 Å². The number of nitrogens with zero attached hydrogens (tertiary/aromatic N) is 1. The first kappa shape index (κ1) is 12.3. The van der Waals surface area contributed by atoms with E-state index in [4.69, 9.17) is 0 Å². The maximum Gasteiger partial charge on any atom is 0.257 e. The second kappa shape index (κ2) is 5.00. The lowest BCUT2D eigenvalue weighted by molar-refractivity contribution is 0.102. The highest BCUT2D eigenvalue weighted by atomic mass is 16.1. The molecule has 0 fully saturated rings. The van der Waals surface area contributed by atoms with Gasteiger partial charge in [0.2, 0.25) is 0 Å². The smallest absolute Gasteiger partial charge is 0.257 e. The van der Waals surface area contributed by atoms with Crippen LogP contribution >= 0.6 is 0 Å². The van der Waals surface area contributed by atoms with Crippen molar-refractivity contribution in [3.05, 3.63) is 58.8 Å². The number of carbonyl (C=O) groups is 1. The number of pyridine rings is 1. The zero-order valence-electron chi connectivity index (χ0n) is 10.8. The van der Waals surface area contributed by atoms with Gasteiger partial charge in [-0.2, -0.15) is 0 Å². The van der Waals surface area contributed by atoms with E-state index in [-0.39, 0.29) is 5.91 Å². The van der Waals surface area contributed by atoms with Crippen molar-refractivity contribution >= 4 is 11.7 Å². The highest BCUT2D eigenvalue weighted by molar-refractivity contribution is 6.04. The Morgan fingerprint density at radius 2 is 1.94 bits per heavy atom. The number of rotatable bonds is 2. The lowest BCUT2D eigenvalue weighted by atomic mass is 10.0. The van der Waals surface area contributed by atoms with Crippen LogP contribution in [0.1, 0.15) is 27.0 Å². The van der Waals surface area contributed by atoms with Crippen molar-refractivity contribution in [2.75, 3.05) is 5.32 Å². The van der Waals surface area contributed by atoms with Gasteiger partial charge in [0.15, 0.2) is 0 Å². The van der Waals surface area contributed by atoms with Gasteiger partial charge in [0.05, 0.1) is 0 Å². The van der Waals surface area contributed by atoms with Crippen molar-refractivity contribution in [2.45, 2.75) is 20.8 Å². The third-order valence-electron chi connectivity index (χ3n) is 3.01. The van der Waals surface area contributed by atoms with Gasteiger partial charge < -0.3 is 5.32 Å².